The molecule has 2 N–H and O–H groups in total. The maximum Gasteiger partial charge on any atom is 0.253 e. The third-order valence-electron chi connectivity index (χ3n) is 3.58. The molecule has 98 valence electrons. The summed E-state index contributed by atoms with van der Waals surface area (Å²) < 4.78 is 0. The van der Waals surface area contributed by atoms with Gasteiger partial charge in [0.2, 0.25) is 0 Å². The van der Waals surface area contributed by atoms with Crippen molar-refractivity contribution in [2.24, 2.45) is 11.7 Å². The molecule has 2 rings (SSSR count). The van der Waals surface area contributed by atoms with E-state index in [0.717, 1.165) is 31.5 Å². The standard InChI is InChI=1S/C15H22N2O/c1-12-3-2-10-17(11-12)15(18)14-6-4-13(5-7-14)8-9-16/h4-7,12H,2-3,8-11,16H2,1H3. The molecule has 18 heavy (non-hydrogen) atoms. The smallest absolute Gasteiger partial charge is 0.253 e. The van der Waals surface area contributed by atoms with E-state index in [-0.39, 0.29) is 5.91 Å². The van der Waals surface area contributed by atoms with Gasteiger partial charge >= 0.3 is 0 Å². The van der Waals surface area contributed by atoms with Crippen molar-refractivity contribution in [2.45, 2.75) is 26.2 Å². The molecule has 3 heteroatoms. The molecule has 1 aromatic rings. The lowest BCUT2D eigenvalue weighted by Gasteiger charge is -2.31. The fraction of sp³-hybridized carbons (Fsp3) is 0.533. The van der Waals surface area contributed by atoms with Crippen LogP contribution in [-0.2, 0) is 6.42 Å². The van der Waals surface area contributed by atoms with Gasteiger partial charge in [0.15, 0.2) is 0 Å². The maximum atomic E-state index is 12.3. The predicted octanol–water partition coefficient (Wildman–Crippen LogP) is 2.06. The van der Waals surface area contributed by atoms with Gasteiger partial charge in [-0.25, -0.2) is 0 Å². The maximum absolute atomic E-state index is 12.3. The van der Waals surface area contributed by atoms with E-state index < -0.39 is 0 Å². The Morgan fingerprint density at radius 1 is 1.39 bits per heavy atom. The molecule has 0 bridgehead atoms. The van der Waals surface area contributed by atoms with Gasteiger partial charge in [-0.05, 0) is 49.4 Å². The second kappa shape index (κ2) is 6.01. The molecule has 0 radical (unpaired) electrons. The number of benzene rings is 1. The van der Waals surface area contributed by atoms with E-state index in [1.54, 1.807) is 0 Å². The zero-order valence-electron chi connectivity index (χ0n) is 11.1. The molecule has 1 aromatic carbocycles. The largest absolute Gasteiger partial charge is 0.338 e. The second-order valence-corrected chi connectivity index (χ2v) is 5.23. The number of piperidine rings is 1. The molecule has 3 nitrogen and oxygen atoms in total. The number of nitrogens with zero attached hydrogens (tertiary/aromatic N) is 1. The van der Waals surface area contributed by atoms with Crippen molar-refractivity contribution >= 4 is 5.91 Å². The Morgan fingerprint density at radius 2 is 2.11 bits per heavy atom. The first-order valence-corrected chi connectivity index (χ1v) is 6.79. The molecule has 1 fully saturated rings. The Kier molecular flexibility index (Phi) is 4.37. The van der Waals surface area contributed by atoms with E-state index in [1.807, 2.05) is 29.2 Å². The topological polar surface area (TPSA) is 46.3 Å². The molecule has 1 aliphatic heterocycles. The second-order valence-electron chi connectivity index (χ2n) is 5.23. The number of likely N-dealkylation sites (tertiary alicyclic amines) is 1. The minimum absolute atomic E-state index is 0.167. The van der Waals surface area contributed by atoms with Crippen LogP contribution in [0.3, 0.4) is 0 Å². The summed E-state index contributed by atoms with van der Waals surface area (Å²) in [5, 5.41) is 0. The zero-order valence-corrected chi connectivity index (χ0v) is 11.1. The van der Waals surface area contributed by atoms with Crippen molar-refractivity contribution < 1.29 is 4.79 Å². The highest BCUT2D eigenvalue weighted by atomic mass is 16.2. The summed E-state index contributed by atoms with van der Waals surface area (Å²) >= 11 is 0. The summed E-state index contributed by atoms with van der Waals surface area (Å²) in [7, 11) is 0. The van der Waals surface area contributed by atoms with Crippen LogP contribution in [0.1, 0.15) is 35.7 Å². The van der Waals surface area contributed by atoms with Crippen LogP contribution in [-0.4, -0.2) is 30.4 Å². The fourth-order valence-electron chi connectivity index (χ4n) is 2.54. The zero-order chi connectivity index (χ0) is 13.0. The van der Waals surface area contributed by atoms with Gasteiger partial charge in [-0.2, -0.15) is 0 Å². The number of carbonyl (C=O) groups excluding carboxylic acids is 1. The van der Waals surface area contributed by atoms with Crippen LogP contribution < -0.4 is 5.73 Å². The summed E-state index contributed by atoms with van der Waals surface area (Å²) in [6.07, 6.45) is 3.23. The fourth-order valence-corrected chi connectivity index (χ4v) is 2.54. The Morgan fingerprint density at radius 3 is 2.72 bits per heavy atom. The van der Waals surface area contributed by atoms with E-state index in [4.69, 9.17) is 5.73 Å². The average molecular weight is 246 g/mol. The minimum Gasteiger partial charge on any atom is -0.338 e. The summed E-state index contributed by atoms with van der Waals surface area (Å²) in [6, 6.07) is 7.86. The molecule has 0 saturated carbocycles. The van der Waals surface area contributed by atoms with Crippen LogP contribution in [0.25, 0.3) is 0 Å². The van der Waals surface area contributed by atoms with E-state index in [2.05, 4.69) is 6.92 Å². The van der Waals surface area contributed by atoms with Gasteiger partial charge in [0, 0.05) is 18.7 Å². The van der Waals surface area contributed by atoms with Gasteiger partial charge in [0.1, 0.15) is 0 Å². The number of hydrogen-bond donors (Lipinski definition) is 1. The summed E-state index contributed by atoms with van der Waals surface area (Å²) in [5.41, 5.74) is 7.51. The third kappa shape index (κ3) is 3.10. The molecule has 0 aliphatic carbocycles. The highest BCUT2D eigenvalue weighted by Gasteiger charge is 2.21. The van der Waals surface area contributed by atoms with Crippen LogP contribution in [0.15, 0.2) is 24.3 Å². The summed E-state index contributed by atoms with van der Waals surface area (Å²) in [6.45, 7) is 4.65. The Balaban J connectivity index is 2.03. The molecule has 1 aliphatic rings. The van der Waals surface area contributed by atoms with Gasteiger partial charge in [0.25, 0.3) is 5.91 Å². The van der Waals surface area contributed by atoms with Gasteiger partial charge in [-0.3, -0.25) is 4.79 Å². The molecular formula is C15H22N2O. The molecule has 1 amide bonds. The molecule has 1 atom stereocenters. The Bertz CT molecular complexity index is 399. The molecule has 0 aromatic heterocycles. The predicted molar refractivity (Wildman–Crippen MR) is 73.5 cm³/mol. The summed E-state index contributed by atoms with van der Waals surface area (Å²) in [5.74, 6) is 0.792. The molecule has 1 unspecified atom stereocenters. The van der Waals surface area contributed by atoms with E-state index >= 15 is 0 Å². The van der Waals surface area contributed by atoms with Gasteiger partial charge in [0.05, 0.1) is 0 Å². The first kappa shape index (κ1) is 13.1. The monoisotopic (exact) mass is 246 g/mol. The number of hydrogen-bond acceptors (Lipinski definition) is 2. The van der Waals surface area contributed by atoms with Crippen LogP contribution in [0, 0.1) is 5.92 Å². The minimum atomic E-state index is 0.167. The van der Waals surface area contributed by atoms with Crippen LogP contribution in [0.2, 0.25) is 0 Å². The summed E-state index contributed by atoms with van der Waals surface area (Å²) in [4.78, 5) is 14.3. The van der Waals surface area contributed by atoms with Gasteiger partial charge in [-0.15, -0.1) is 0 Å². The SMILES string of the molecule is CC1CCCN(C(=O)c2ccc(CCN)cc2)C1. The van der Waals surface area contributed by atoms with Crippen LogP contribution in [0.4, 0.5) is 0 Å². The lowest BCUT2D eigenvalue weighted by atomic mass is 9.99. The van der Waals surface area contributed by atoms with E-state index in [0.29, 0.717) is 12.5 Å². The Labute approximate surface area is 109 Å². The Hall–Kier alpha value is -1.35. The van der Waals surface area contributed by atoms with Crippen molar-refractivity contribution in [3.8, 4) is 0 Å². The lowest BCUT2D eigenvalue weighted by Crippen LogP contribution is -2.39. The first-order valence-electron chi connectivity index (χ1n) is 6.79. The number of nitrogens with two attached hydrogens (primary N) is 1. The number of rotatable bonds is 3. The van der Waals surface area contributed by atoms with Crippen LogP contribution >= 0.6 is 0 Å². The van der Waals surface area contributed by atoms with Crippen molar-refractivity contribution in [2.75, 3.05) is 19.6 Å². The van der Waals surface area contributed by atoms with E-state index in [1.165, 1.54) is 12.0 Å². The van der Waals surface area contributed by atoms with Gasteiger partial charge in [-0.1, -0.05) is 19.1 Å². The first-order chi connectivity index (χ1) is 8.70. The lowest BCUT2D eigenvalue weighted by molar-refractivity contribution is 0.0683. The highest BCUT2D eigenvalue weighted by Crippen LogP contribution is 2.18. The molecule has 1 heterocycles. The molecule has 1 saturated heterocycles. The third-order valence-corrected chi connectivity index (χ3v) is 3.58. The van der Waals surface area contributed by atoms with Crippen molar-refractivity contribution in [1.29, 1.82) is 0 Å². The van der Waals surface area contributed by atoms with Crippen molar-refractivity contribution in [3.05, 3.63) is 35.4 Å². The van der Waals surface area contributed by atoms with Gasteiger partial charge < -0.3 is 10.6 Å². The molecule has 0 spiro atoms. The number of carbonyl (C=O) groups is 1. The van der Waals surface area contributed by atoms with Crippen LogP contribution in [0.5, 0.6) is 0 Å². The normalized spacial score (nSPS) is 19.9. The quantitative estimate of drug-likeness (QED) is 0.887. The van der Waals surface area contributed by atoms with E-state index in [9.17, 15) is 4.79 Å². The average Bonchev–Trinajstić information content (AvgIpc) is 2.39. The van der Waals surface area contributed by atoms with Crippen molar-refractivity contribution in [3.63, 3.8) is 0 Å². The van der Waals surface area contributed by atoms with Crippen molar-refractivity contribution in [1.82, 2.24) is 4.90 Å². The highest BCUT2D eigenvalue weighted by molar-refractivity contribution is 5.94. The number of amides is 1. The molecular weight excluding hydrogens is 224 g/mol.